The first kappa shape index (κ1) is 30.6. The smallest absolute Gasteiger partial charge is 0.435 e. The summed E-state index contributed by atoms with van der Waals surface area (Å²) in [6.07, 6.45) is 0.332. The van der Waals surface area contributed by atoms with Gasteiger partial charge in [0.25, 0.3) is 5.91 Å². The number of halogens is 3. The number of nitrogens with zero attached hydrogens (tertiary/aromatic N) is 2. The zero-order chi connectivity index (χ0) is 30.3. The second kappa shape index (κ2) is 13.5. The van der Waals surface area contributed by atoms with E-state index in [9.17, 15) is 27.6 Å². The van der Waals surface area contributed by atoms with E-state index in [1.165, 1.54) is 26.4 Å². The normalized spacial score (nSPS) is 16.9. The molecule has 2 amide bonds. The third kappa shape index (κ3) is 7.89. The van der Waals surface area contributed by atoms with Crippen molar-refractivity contribution >= 4 is 23.5 Å². The summed E-state index contributed by atoms with van der Waals surface area (Å²) in [5, 5.41) is 8.70. The van der Waals surface area contributed by atoms with Crippen molar-refractivity contribution in [1.29, 1.82) is 0 Å². The predicted octanol–water partition coefficient (Wildman–Crippen LogP) is 5.50. The molecule has 224 valence electrons. The lowest BCUT2D eigenvalue weighted by Gasteiger charge is -2.28. The standard InChI is InChI=1S/C30H33F3N4O5/c1-41-24-13-11-23(12-14-24)37-18-25(28(36-37)30(31,32)33)29(40)34-16-15-26(38)35-22-9-7-21(8-10-22)20-5-3-19(4-6-20)17-27(39)42-2/h7-14,18-20H,3-6,15-17H2,1-2H3,(H,34,40)(H,35,38). The maximum Gasteiger partial charge on any atom is 0.435 e. The first-order valence-electron chi connectivity index (χ1n) is 13.6. The number of ether oxygens (including phenoxy) is 2. The molecule has 0 spiro atoms. The van der Waals surface area contributed by atoms with Gasteiger partial charge < -0.3 is 20.1 Å². The van der Waals surface area contributed by atoms with Crippen LogP contribution in [0.3, 0.4) is 0 Å². The molecule has 1 saturated carbocycles. The van der Waals surface area contributed by atoms with E-state index in [1.54, 1.807) is 24.3 Å². The van der Waals surface area contributed by atoms with Crippen LogP contribution < -0.4 is 15.4 Å². The van der Waals surface area contributed by atoms with E-state index >= 15 is 0 Å². The molecule has 9 nitrogen and oxygen atoms in total. The summed E-state index contributed by atoms with van der Waals surface area (Å²) in [7, 11) is 2.87. The van der Waals surface area contributed by atoms with Crippen LogP contribution in [0.2, 0.25) is 0 Å². The first-order valence-corrected chi connectivity index (χ1v) is 13.6. The molecule has 0 atom stereocenters. The minimum Gasteiger partial charge on any atom is -0.497 e. The average Bonchev–Trinajstić information content (AvgIpc) is 3.45. The summed E-state index contributed by atoms with van der Waals surface area (Å²) in [5.41, 5.74) is 0.0879. The SMILES string of the molecule is COC(=O)CC1CCC(c2ccc(NC(=O)CCNC(=O)c3cn(-c4ccc(OC)cc4)nc3C(F)(F)F)cc2)CC1. The summed E-state index contributed by atoms with van der Waals surface area (Å²) >= 11 is 0. The Morgan fingerprint density at radius 3 is 2.24 bits per heavy atom. The van der Waals surface area contributed by atoms with Gasteiger partial charge in [0.1, 0.15) is 5.75 Å². The van der Waals surface area contributed by atoms with E-state index in [2.05, 4.69) is 15.7 Å². The Kier molecular flexibility index (Phi) is 9.87. The predicted molar refractivity (Wildman–Crippen MR) is 148 cm³/mol. The lowest BCUT2D eigenvalue weighted by Crippen LogP contribution is -2.29. The molecule has 1 aliphatic rings. The van der Waals surface area contributed by atoms with Gasteiger partial charge in [-0.05, 0) is 79.5 Å². The molecule has 2 N–H and O–H groups in total. The molecule has 0 aliphatic heterocycles. The molecular weight excluding hydrogens is 553 g/mol. The highest BCUT2D eigenvalue weighted by Gasteiger charge is 2.39. The first-order chi connectivity index (χ1) is 20.1. The minimum atomic E-state index is -4.85. The third-order valence-electron chi connectivity index (χ3n) is 7.40. The van der Waals surface area contributed by atoms with Crippen LogP contribution in [-0.4, -0.2) is 48.3 Å². The van der Waals surface area contributed by atoms with E-state index in [0.29, 0.717) is 35.4 Å². The molecule has 1 heterocycles. The molecule has 12 heteroatoms. The molecule has 1 aromatic heterocycles. The Hall–Kier alpha value is -4.35. The molecule has 2 aromatic carbocycles. The molecule has 1 aliphatic carbocycles. The number of esters is 1. The number of anilines is 1. The minimum absolute atomic E-state index is 0.133. The summed E-state index contributed by atoms with van der Waals surface area (Å²) in [4.78, 5) is 36.6. The van der Waals surface area contributed by atoms with E-state index in [1.807, 2.05) is 12.1 Å². The second-order valence-corrected chi connectivity index (χ2v) is 10.2. The van der Waals surface area contributed by atoms with Gasteiger partial charge in [-0.1, -0.05) is 12.1 Å². The van der Waals surface area contributed by atoms with Crippen molar-refractivity contribution in [3.63, 3.8) is 0 Å². The van der Waals surface area contributed by atoms with Gasteiger partial charge >= 0.3 is 12.1 Å². The molecular formula is C30H33F3N4O5. The maximum atomic E-state index is 13.6. The summed E-state index contributed by atoms with van der Waals surface area (Å²) in [6, 6.07) is 13.7. The summed E-state index contributed by atoms with van der Waals surface area (Å²) < 4.78 is 51.6. The molecule has 0 saturated heterocycles. The molecule has 1 fully saturated rings. The van der Waals surface area contributed by atoms with Crippen LogP contribution in [0.25, 0.3) is 5.69 Å². The van der Waals surface area contributed by atoms with Crippen molar-refractivity contribution in [2.24, 2.45) is 5.92 Å². The van der Waals surface area contributed by atoms with E-state index in [-0.39, 0.29) is 18.9 Å². The van der Waals surface area contributed by atoms with Crippen molar-refractivity contribution in [3.05, 3.63) is 71.5 Å². The number of alkyl halides is 3. The highest BCUT2D eigenvalue weighted by Crippen LogP contribution is 2.37. The Morgan fingerprint density at radius 1 is 0.976 bits per heavy atom. The fourth-order valence-corrected chi connectivity index (χ4v) is 5.08. The van der Waals surface area contributed by atoms with Crippen molar-refractivity contribution < 1.29 is 37.0 Å². The second-order valence-electron chi connectivity index (χ2n) is 10.2. The molecule has 42 heavy (non-hydrogen) atoms. The van der Waals surface area contributed by atoms with Gasteiger partial charge in [-0.2, -0.15) is 18.3 Å². The van der Waals surface area contributed by atoms with E-state index in [4.69, 9.17) is 9.47 Å². The van der Waals surface area contributed by atoms with Gasteiger partial charge in [0.05, 0.1) is 25.5 Å². The van der Waals surface area contributed by atoms with Crippen LogP contribution in [-0.2, 0) is 20.5 Å². The number of amides is 2. The Bertz CT molecular complexity index is 1380. The van der Waals surface area contributed by atoms with Crippen LogP contribution in [0.15, 0.2) is 54.7 Å². The number of aromatic nitrogens is 2. The summed E-state index contributed by atoms with van der Waals surface area (Å²) in [5.74, 6) is -0.306. The zero-order valence-corrected chi connectivity index (χ0v) is 23.4. The Labute approximate surface area is 241 Å². The Morgan fingerprint density at radius 2 is 1.64 bits per heavy atom. The molecule has 0 unspecified atom stereocenters. The Balaban J connectivity index is 1.28. The fraction of sp³-hybridized carbons (Fsp3) is 0.400. The van der Waals surface area contributed by atoms with Crippen molar-refractivity contribution in [1.82, 2.24) is 15.1 Å². The quantitative estimate of drug-likeness (QED) is 0.304. The molecule has 3 aromatic rings. The van der Waals surface area contributed by atoms with Gasteiger partial charge in [0.2, 0.25) is 5.91 Å². The number of methoxy groups -OCH3 is 2. The maximum absolute atomic E-state index is 13.6. The van der Waals surface area contributed by atoms with Crippen molar-refractivity contribution in [2.45, 2.75) is 50.6 Å². The van der Waals surface area contributed by atoms with Crippen LogP contribution in [0.5, 0.6) is 5.75 Å². The van der Waals surface area contributed by atoms with Crippen LogP contribution in [0, 0.1) is 5.92 Å². The van der Waals surface area contributed by atoms with Crippen molar-refractivity contribution in [3.8, 4) is 11.4 Å². The number of rotatable bonds is 10. The largest absolute Gasteiger partial charge is 0.497 e. The number of benzene rings is 2. The number of carbonyl (C=O) groups is 3. The lowest BCUT2D eigenvalue weighted by atomic mass is 9.77. The number of carbonyl (C=O) groups excluding carboxylic acids is 3. The fourth-order valence-electron chi connectivity index (χ4n) is 5.08. The topological polar surface area (TPSA) is 112 Å². The highest BCUT2D eigenvalue weighted by molar-refractivity contribution is 5.96. The number of hydrogen-bond donors (Lipinski definition) is 2. The zero-order valence-electron chi connectivity index (χ0n) is 23.4. The van der Waals surface area contributed by atoms with Gasteiger partial charge in [0.15, 0.2) is 5.69 Å². The average molecular weight is 587 g/mol. The van der Waals surface area contributed by atoms with Crippen molar-refractivity contribution in [2.75, 3.05) is 26.1 Å². The van der Waals surface area contributed by atoms with Gasteiger partial charge in [0, 0.05) is 31.3 Å². The van der Waals surface area contributed by atoms with Gasteiger partial charge in [-0.3, -0.25) is 14.4 Å². The molecule has 0 bridgehead atoms. The van der Waals surface area contributed by atoms with Crippen LogP contribution >= 0.6 is 0 Å². The van der Waals surface area contributed by atoms with Gasteiger partial charge in [-0.15, -0.1) is 0 Å². The number of nitrogens with one attached hydrogen (secondary N) is 2. The van der Waals surface area contributed by atoms with Crippen LogP contribution in [0.4, 0.5) is 18.9 Å². The van der Waals surface area contributed by atoms with Crippen LogP contribution in [0.1, 0.15) is 66.1 Å². The number of hydrogen-bond acceptors (Lipinski definition) is 6. The van der Waals surface area contributed by atoms with E-state index in [0.717, 1.165) is 42.1 Å². The van der Waals surface area contributed by atoms with Gasteiger partial charge in [-0.25, -0.2) is 4.68 Å². The van der Waals surface area contributed by atoms with E-state index < -0.39 is 29.2 Å². The lowest BCUT2D eigenvalue weighted by molar-refractivity contribution is -0.142. The summed E-state index contributed by atoms with van der Waals surface area (Å²) in [6.45, 7) is -0.164. The molecule has 0 radical (unpaired) electrons. The monoisotopic (exact) mass is 586 g/mol. The third-order valence-corrected chi connectivity index (χ3v) is 7.40. The molecule has 4 rings (SSSR count). The highest BCUT2D eigenvalue weighted by atomic mass is 19.4.